The standard InChI is InChI=1S/C7H16N2O.C4H11BO2.C2H4O2/c8-2-4-9-3-1-7(5-9)6-10;1-2-3-4-5(6)7;1-2(3)4/h7,10H,1-6,8H2;6-7H,2-4H2,1H3;1H3,(H,3,4)/t7-;;/m1../s1. The predicted octanol–water partition coefficient (Wildman–Crippen LogP) is -0.390. The zero-order chi connectivity index (χ0) is 16.7. The lowest BCUT2D eigenvalue weighted by Crippen LogP contribution is -2.27. The summed E-state index contributed by atoms with van der Waals surface area (Å²) in [6, 6.07) is 0. The molecular weight excluding hydrogens is 275 g/mol. The number of unbranched alkanes of at least 4 members (excludes halogenated alkanes) is 1. The summed E-state index contributed by atoms with van der Waals surface area (Å²) >= 11 is 0. The van der Waals surface area contributed by atoms with Crippen LogP contribution in [0.5, 0.6) is 0 Å². The molecule has 1 rings (SSSR count). The molecule has 6 N–H and O–H groups in total. The average molecular weight is 306 g/mol. The minimum absolute atomic E-state index is 0.334. The average Bonchev–Trinajstić information content (AvgIpc) is 2.84. The first kappa shape index (κ1) is 22.6. The van der Waals surface area contributed by atoms with Crippen molar-refractivity contribution in [1.82, 2.24) is 4.90 Å². The van der Waals surface area contributed by atoms with Gasteiger partial charge in [0.1, 0.15) is 0 Å². The van der Waals surface area contributed by atoms with Crippen molar-refractivity contribution >= 4 is 13.1 Å². The van der Waals surface area contributed by atoms with Crippen molar-refractivity contribution < 1.29 is 25.1 Å². The molecule has 1 aliphatic heterocycles. The van der Waals surface area contributed by atoms with E-state index in [4.69, 9.17) is 30.8 Å². The maximum Gasteiger partial charge on any atom is 0.451 e. The number of hydrogen-bond acceptors (Lipinski definition) is 6. The van der Waals surface area contributed by atoms with Gasteiger partial charge in [-0.2, -0.15) is 0 Å². The van der Waals surface area contributed by atoms with Gasteiger partial charge in [-0.15, -0.1) is 0 Å². The lowest BCUT2D eigenvalue weighted by atomic mass is 9.84. The van der Waals surface area contributed by atoms with Crippen LogP contribution in [0.2, 0.25) is 6.32 Å². The molecule has 21 heavy (non-hydrogen) atoms. The van der Waals surface area contributed by atoms with Crippen LogP contribution in [0, 0.1) is 5.92 Å². The highest BCUT2D eigenvalue weighted by Crippen LogP contribution is 2.13. The Bertz CT molecular complexity index is 241. The first-order valence-corrected chi connectivity index (χ1v) is 7.46. The van der Waals surface area contributed by atoms with Crippen molar-refractivity contribution in [2.75, 3.05) is 32.8 Å². The molecule has 0 spiro atoms. The highest BCUT2D eigenvalue weighted by molar-refractivity contribution is 6.40. The second-order valence-electron chi connectivity index (χ2n) is 5.07. The summed E-state index contributed by atoms with van der Waals surface area (Å²) in [5, 5.41) is 32.7. The Morgan fingerprint density at radius 1 is 1.43 bits per heavy atom. The summed E-state index contributed by atoms with van der Waals surface area (Å²) in [5.74, 6) is -0.327. The van der Waals surface area contributed by atoms with Crippen molar-refractivity contribution in [1.29, 1.82) is 0 Å². The van der Waals surface area contributed by atoms with Gasteiger partial charge in [0.05, 0.1) is 0 Å². The molecule has 1 fully saturated rings. The number of nitrogens with two attached hydrogens (primary N) is 1. The fourth-order valence-corrected chi connectivity index (χ4v) is 1.83. The Labute approximate surface area is 127 Å². The van der Waals surface area contributed by atoms with Crippen LogP contribution in [0.15, 0.2) is 0 Å². The Morgan fingerprint density at radius 3 is 2.29 bits per heavy atom. The number of aliphatic hydroxyl groups excluding tert-OH is 1. The maximum atomic E-state index is 9.00. The van der Waals surface area contributed by atoms with Gasteiger partial charge in [0.25, 0.3) is 5.97 Å². The topological polar surface area (TPSA) is 127 Å². The molecule has 1 atom stereocenters. The number of nitrogens with zero attached hydrogens (tertiary/aromatic N) is 1. The molecule has 0 aromatic heterocycles. The summed E-state index contributed by atoms with van der Waals surface area (Å²) in [6.07, 6.45) is 3.57. The van der Waals surface area contributed by atoms with Gasteiger partial charge in [-0.1, -0.05) is 19.8 Å². The van der Waals surface area contributed by atoms with E-state index in [9.17, 15) is 0 Å². The Hall–Kier alpha value is -0.665. The second-order valence-corrected chi connectivity index (χ2v) is 5.07. The Morgan fingerprint density at radius 2 is 2.00 bits per heavy atom. The molecule has 0 aromatic carbocycles. The van der Waals surface area contributed by atoms with E-state index in [0.29, 0.717) is 18.8 Å². The van der Waals surface area contributed by atoms with Gasteiger partial charge in [-0.25, -0.2) is 0 Å². The number of carboxylic acids is 1. The molecule has 0 aromatic rings. The van der Waals surface area contributed by atoms with Crippen LogP contribution >= 0.6 is 0 Å². The van der Waals surface area contributed by atoms with E-state index in [0.717, 1.165) is 52.4 Å². The molecule has 1 aliphatic rings. The molecule has 0 saturated carbocycles. The van der Waals surface area contributed by atoms with E-state index >= 15 is 0 Å². The quantitative estimate of drug-likeness (QED) is 0.423. The number of aliphatic carboxylic acids is 1. The molecule has 0 bridgehead atoms. The Kier molecular flexibility index (Phi) is 16.9. The van der Waals surface area contributed by atoms with E-state index in [1.165, 1.54) is 0 Å². The molecule has 0 amide bonds. The zero-order valence-corrected chi connectivity index (χ0v) is 13.2. The van der Waals surface area contributed by atoms with Gasteiger partial charge in [-0.3, -0.25) is 4.79 Å². The van der Waals surface area contributed by atoms with Crippen LogP contribution in [-0.2, 0) is 4.79 Å². The normalized spacial score (nSPS) is 17.3. The number of likely N-dealkylation sites (tertiary alicyclic amines) is 1. The molecule has 1 heterocycles. The molecule has 7 nitrogen and oxygen atoms in total. The van der Waals surface area contributed by atoms with Gasteiger partial charge < -0.3 is 30.9 Å². The third kappa shape index (κ3) is 19.3. The van der Waals surface area contributed by atoms with Gasteiger partial charge in [0.15, 0.2) is 0 Å². The van der Waals surface area contributed by atoms with Gasteiger partial charge in [0, 0.05) is 33.2 Å². The van der Waals surface area contributed by atoms with E-state index in [1.54, 1.807) is 0 Å². The molecule has 0 radical (unpaired) electrons. The monoisotopic (exact) mass is 306 g/mol. The third-order valence-corrected chi connectivity index (χ3v) is 2.89. The highest BCUT2D eigenvalue weighted by Gasteiger charge is 2.20. The van der Waals surface area contributed by atoms with Crippen LogP contribution < -0.4 is 5.73 Å². The first-order valence-electron chi connectivity index (χ1n) is 7.46. The fraction of sp³-hybridized carbons (Fsp3) is 0.923. The smallest absolute Gasteiger partial charge is 0.451 e. The summed E-state index contributed by atoms with van der Waals surface area (Å²) in [5.41, 5.74) is 5.39. The lowest BCUT2D eigenvalue weighted by Gasteiger charge is -2.12. The predicted molar refractivity (Wildman–Crippen MR) is 83.9 cm³/mol. The molecule has 8 heteroatoms. The van der Waals surface area contributed by atoms with E-state index in [-0.39, 0.29) is 0 Å². The third-order valence-electron chi connectivity index (χ3n) is 2.89. The van der Waals surface area contributed by atoms with Crippen molar-refractivity contribution in [2.45, 2.75) is 39.4 Å². The van der Waals surface area contributed by atoms with Crippen LogP contribution in [-0.4, -0.2) is 71.0 Å². The van der Waals surface area contributed by atoms with E-state index in [1.807, 2.05) is 6.92 Å². The summed E-state index contributed by atoms with van der Waals surface area (Å²) < 4.78 is 0. The molecule has 0 unspecified atom stereocenters. The summed E-state index contributed by atoms with van der Waals surface area (Å²) in [7, 11) is -1.10. The van der Waals surface area contributed by atoms with Crippen LogP contribution in [0.1, 0.15) is 33.1 Å². The molecule has 126 valence electrons. The minimum Gasteiger partial charge on any atom is -0.481 e. The van der Waals surface area contributed by atoms with Crippen molar-refractivity contribution in [3.05, 3.63) is 0 Å². The number of rotatable bonds is 6. The van der Waals surface area contributed by atoms with E-state index < -0.39 is 13.1 Å². The van der Waals surface area contributed by atoms with Crippen molar-refractivity contribution in [3.63, 3.8) is 0 Å². The van der Waals surface area contributed by atoms with Crippen molar-refractivity contribution in [2.24, 2.45) is 11.7 Å². The Balaban J connectivity index is 0. The zero-order valence-electron chi connectivity index (χ0n) is 13.2. The minimum atomic E-state index is -1.10. The number of carbonyl (C=O) groups is 1. The molecule has 1 saturated heterocycles. The van der Waals surface area contributed by atoms with E-state index in [2.05, 4.69) is 4.90 Å². The highest BCUT2D eigenvalue weighted by atomic mass is 16.4. The van der Waals surface area contributed by atoms with Gasteiger partial charge in [0.2, 0.25) is 0 Å². The first-order chi connectivity index (χ1) is 9.87. The maximum absolute atomic E-state index is 9.00. The number of aliphatic hydroxyl groups is 1. The number of carboxylic acid groups (broad SMARTS) is 1. The number of hydrogen-bond donors (Lipinski definition) is 5. The van der Waals surface area contributed by atoms with Crippen molar-refractivity contribution in [3.8, 4) is 0 Å². The largest absolute Gasteiger partial charge is 0.481 e. The fourth-order valence-electron chi connectivity index (χ4n) is 1.83. The molecule has 0 aliphatic carbocycles. The van der Waals surface area contributed by atoms with Gasteiger partial charge >= 0.3 is 7.12 Å². The second kappa shape index (κ2) is 15.7. The summed E-state index contributed by atoms with van der Waals surface area (Å²) in [4.78, 5) is 11.3. The van der Waals surface area contributed by atoms with Gasteiger partial charge in [-0.05, 0) is 25.2 Å². The SMILES string of the molecule is CC(=O)O.CCCCB(O)O.NCCN1CC[C@@H](CO)C1. The van der Waals surface area contributed by atoms with Crippen LogP contribution in [0.4, 0.5) is 0 Å². The molecular formula is C13H31BN2O5. The lowest BCUT2D eigenvalue weighted by molar-refractivity contribution is -0.134. The van der Waals surface area contributed by atoms with Crippen LogP contribution in [0.3, 0.4) is 0 Å². The summed E-state index contributed by atoms with van der Waals surface area (Å²) in [6.45, 7) is 7.30. The van der Waals surface area contributed by atoms with Crippen LogP contribution in [0.25, 0.3) is 0 Å².